The second kappa shape index (κ2) is 3.71. The third-order valence-corrected chi connectivity index (χ3v) is 2.54. The lowest BCUT2D eigenvalue weighted by Crippen LogP contribution is -2.38. The first-order chi connectivity index (χ1) is 6.25. The number of halogens is 1. The average Bonchev–Trinajstić information content (AvgIpc) is 1.99. The monoisotopic (exact) mass is 291 g/mol. The predicted octanol–water partition coefficient (Wildman–Crippen LogP) is 1.65. The molecule has 1 aromatic carbocycles. The van der Waals surface area contributed by atoms with Gasteiger partial charge in [0.2, 0.25) is 0 Å². The number of rotatable bonds is 2. The van der Waals surface area contributed by atoms with Crippen LogP contribution >= 0.6 is 22.6 Å². The number of anilines is 1. The van der Waals surface area contributed by atoms with Crippen molar-refractivity contribution in [3.8, 4) is 5.75 Å². The summed E-state index contributed by atoms with van der Waals surface area (Å²) in [4.78, 5) is 0. The average molecular weight is 291 g/mol. The van der Waals surface area contributed by atoms with Crippen molar-refractivity contribution in [1.29, 1.82) is 0 Å². The van der Waals surface area contributed by atoms with Gasteiger partial charge in [0.05, 0.1) is 18.9 Å². The van der Waals surface area contributed by atoms with Crippen LogP contribution in [0.3, 0.4) is 0 Å². The van der Waals surface area contributed by atoms with Crippen molar-refractivity contribution in [1.82, 2.24) is 0 Å². The van der Waals surface area contributed by atoms with E-state index in [1.54, 1.807) is 0 Å². The fourth-order valence-electron chi connectivity index (χ4n) is 1.09. The van der Waals surface area contributed by atoms with Gasteiger partial charge >= 0.3 is 0 Å². The molecule has 0 saturated carbocycles. The summed E-state index contributed by atoms with van der Waals surface area (Å²) in [6.07, 6.45) is 0.183. The van der Waals surface area contributed by atoms with E-state index in [0.29, 0.717) is 18.9 Å². The summed E-state index contributed by atoms with van der Waals surface area (Å²) in [5, 5.41) is 0. The molecule has 1 saturated heterocycles. The van der Waals surface area contributed by atoms with Gasteiger partial charge in [-0.05, 0) is 40.8 Å². The molecular formula is C9H10INO2. The van der Waals surface area contributed by atoms with Gasteiger partial charge in [-0.1, -0.05) is 0 Å². The van der Waals surface area contributed by atoms with E-state index >= 15 is 0 Å². The molecule has 0 atom stereocenters. The number of benzene rings is 1. The highest BCUT2D eigenvalue weighted by molar-refractivity contribution is 14.1. The Morgan fingerprint density at radius 2 is 2.23 bits per heavy atom. The molecule has 1 fully saturated rings. The molecule has 0 aromatic heterocycles. The molecule has 4 heteroatoms. The molecule has 13 heavy (non-hydrogen) atoms. The van der Waals surface area contributed by atoms with E-state index in [2.05, 4.69) is 22.6 Å². The van der Waals surface area contributed by atoms with Crippen LogP contribution in [0.1, 0.15) is 0 Å². The molecule has 0 amide bonds. The first-order valence-corrected chi connectivity index (χ1v) is 5.13. The third kappa shape index (κ3) is 2.05. The minimum Gasteiger partial charge on any atom is -0.483 e. The molecular weight excluding hydrogens is 281 g/mol. The van der Waals surface area contributed by atoms with Gasteiger partial charge in [0, 0.05) is 3.57 Å². The van der Waals surface area contributed by atoms with Crippen molar-refractivity contribution in [2.45, 2.75) is 6.10 Å². The van der Waals surface area contributed by atoms with E-state index in [0.717, 1.165) is 9.32 Å². The quantitative estimate of drug-likeness (QED) is 0.665. The Morgan fingerprint density at radius 3 is 2.77 bits per heavy atom. The smallest absolute Gasteiger partial charge is 0.145 e. The van der Waals surface area contributed by atoms with Crippen LogP contribution < -0.4 is 10.5 Å². The second-order valence-corrected chi connectivity index (χ2v) is 4.21. The Kier molecular flexibility index (Phi) is 2.59. The summed E-state index contributed by atoms with van der Waals surface area (Å²) in [7, 11) is 0. The van der Waals surface area contributed by atoms with Gasteiger partial charge in [-0.15, -0.1) is 0 Å². The molecule has 0 bridgehead atoms. The number of nitrogen functional groups attached to an aromatic ring is 1. The van der Waals surface area contributed by atoms with E-state index in [9.17, 15) is 0 Å². The van der Waals surface area contributed by atoms with Crippen LogP contribution in [0.4, 0.5) is 5.69 Å². The van der Waals surface area contributed by atoms with Gasteiger partial charge < -0.3 is 15.2 Å². The topological polar surface area (TPSA) is 44.5 Å². The van der Waals surface area contributed by atoms with Gasteiger partial charge in [0.15, 0.2) is 0 Å². The van der Waals surface area contributed by atoms with Gasteiger partial charge in [0.1, 0.15) is 11.9 Å². The highest BCUT2D eigenvalue weighted by Crippen LogP contribution is 2.25. The predicted molar refractivity (Wildman–Crippen MR) is 58.8 cm³/mol. The molecule has 0 spiro atoms. The van der Waals surface area contributed by atoms with Crippen molar-refractivity contribution in [2.24, 2.45) is 0 Å². The molecule has 2 rings (SSSR count). The second-order valence-electron chi connectivity index (χ2n) is 2.96. The van der Waals surface area contributed by atoms with Crippen molar-refractivity contribution in [3.05, 3.63) is 21.8 Å². The zero-order valence-electron chi connectivity index (χ0n) is 7.00. The van der Waals surface area contributed by atoms with E-state index in [1.807, 2.05) is 18.2 Å². The van der Waals surface area contributed by atoms with Crippen molar-refractivity contribution in [2.75, 3.05) is 18.9 Å². The van der Waals surface area contributed by atoms with E-state index in [1.165, 1.54) is 0 Å². The molecule has 1 heterocycles. The summed E-state index contributed by atoms with van der Waals surface area (Å²) in [6.45, 7) is 1.34. The fourth-order valence-corrected chi connectivity index (χ4v) is 1.60. The van der Waals surface area contributed by atoms with Crippen LogP contribution in [0, 0.1) is 3.57 Å². The molecule has 2 N–H and O–H groups in total. The number of hydrogen-bond acceptors (Lipinski definition) is 3. The van der Waals surface area contributed by atoms with Gasteiger partial charge in [-0.25, -0.2) is 0 Å². The molecule has 1 aliphatic rings. The lowest BCUT2D eigenvalue weighted by molar-refractivity contribution is -0.0793. The molecule has 70 valence electrons. The Morgan fingerprint density at radius 1 is 1.46 bits per heavy atom. The molecule has 0 aliphatic carbocycles. The normalized spacial score (nSPS) is 16.7. The minimum atomic E-state index is 0.183. The highest BCUT2D eigenvalue weighted by Gasteiger charge is 2.20. The van der Waals surface area contributed by atoms with E-state index in [-0.39, 0.29) is 6.10 Å². The standard InChI is InChI=1S/C9H10INO2/c10-6-1-2-9(8(11)3-6)13-7-4-12-5-7/h1-3,7H,4-5,11H2. The maximum atomic E-state index is 5.78. The molecule has 1 aliphatic heterocycles. The summed E-state index contributed by atoms with van der Waals surface area (Å²) in [5.41, 5.74) is 6.47. The van der Waals surface area contributed by atoms with Crippen LogP contribution in [0.15, 0.2) is 18.2 Å². The molecule has 3 nitrogen and oxygen atoms in total. The van der Waals surface area contributed by atoms with Crippen LogP contribution in [0.5, 0.6) is 5.75 Å². The number of ether oxygens (including phenoxy) is 2. The van der Waals surface area contributed by atoms with Crippen molar-refractivity contribution < 1.29 is 9.47 Å². The summed E-state index contributed by atoms with van der Waals surface area (Å²) in [5.74, 6) is 0.758. The molecule has 1 aromatic rings. The van der Waals surface area contributed by atoms with Crippen LogP contribution in [0.2, 0.25) is 0 Å². The van der Waals surface area contributed by atoms with Gasteiger partial charge in [-0.3, -0.25) is 0 Å². The number of nitrogens with two attached hydrogens (primary N) is 1. The maximum Gasteiger partial charge on any atom is 0.145 e. The minimum absolute atomic E-state index is 0.183. The van der Waals surface area contributed by atoms with Crippen molar-refractivity contribution in [3.63, 3.8) is 0 Å². The molecule has 0 radical (unpaired) electrons. The summed E-state index contributed by atoms with van der Waals surface area (Å²) in [6, 6.07) is 5.77. The van der Waals surface area contributed by atoms with Gasteiger partial charge in [-0.2, -0.15) is 0 Å². The Balaban J connectivity index is 2.10. The first kappa shape index (κ1) is 9.08. The Bertz CT molecular complexity index is 312. The summed E-state index contributed by atoms with van der Waals surface area (Å²) < 4.78 is 11.7. The zero-order chi connectivity index (χ0) is 9.26. The maximum absolute atomic E-state index is 5.78. The lowest BCUT2D eigenvalue weighted by atomic mass is 10.3. The zero-order valence-corrected chi connectivity index (χ0v) is 9.15. The largest absolute Gasteiger partial charge is 0.483 e. The Labute approximate surface area is 90.3 Å². The van der Waals surface area contributed by atoms with E-state index < -0.39 is 0 Å². The SMILES string of the molecule is Nc1cc(I)ccc1OC1COC1. The first-order valence-electron chi connectivity index (χ1n) is 4.05. The van der Waals surface area contributed by atoms with Crippen LogP contribution in [0.25, 0.3) is 0 Å². The van der Waals surface area contributed by atoms with E-state index in [4.69, 9.17) is 15.2 Å². The van der Waals surface area contributed by atoms with Crippen LogP contribution in [-0.4, -0.2) is 19.3 Å². The lowest BCUT2D eigenvalue weighted by Gasteiger charge is -2.27. The Hall–Kier alpha value is -0.490. The third-order valence-electron chi connectivity index (χ3n) is 1.87. The fraction of sp³-hybridized carbons (Fsp3) is 0.333. The molecule has 0 unspecified atom stereocenters. The van der Waals surface area contributed by atoms with Crippen LogP contribution in [-0.2, 0) is 4.74 Å². The number of hydrogen-bond donors (Lipinski definition) is 1. The van der Waals surface area contributed by atoms with Gasteiger partial charge in [0.25, 0.3) is 0 Å². The van der Waals surface area contributed by atoms with Crippen molar-refractivity contribution >= 4 is 28.3 Å². The highest BCUT2D eigenvalue weighted by atomic mass is 127. The summed E-state index contributed by atoms with van der Waals surface area (Å²) >= 11 is 2.22.